The second kappa shape index (κ2) is 5.03. The number of rotatable bonds is 1. The molecule has 1 atom stereocenters. The van der Waals surface area contributed by atoms with Gasteiger partial charge < -0.3 is 4.74 Å². The van der Waals surface area contributed by atoms with Crippen molar-refractivity contribution < 1.29 is 19.1 Å². The summed E-state index contributed by atoms with van der Waals surface area (Å²) in [5.74, 6) is -0.823. The number of carbonyl (C=O) groups excluding carboxylic acids is 3. The van der Waals surface area contributed by atoms with Gasteiger partial charge in [-0.05, 0) is 33.8 Å². The van der Waals surface area contributed by atoms with Crippen LogP contribution in [0.1, 0.15) is 51.1 Å². The lowest BCUT2D eigenvalue weighted by Crippen LogP contribution is -2.52. The molecule has 1 saturated heterocycles. The first-order chi connectivity index (χ1) is 11.1. The standard InChI is InChI=1S/C19H21NO4/c1-11(21)20-10-13(12-8-6-7-9-14(12)20)15-18(2,3)16(22)19(4,5)17(23)24-15/h6-10,15H,1-5H3/t15-/m1/s1. The number of benzene rings is 1. The lowest BCUT2D eigenvalue weighted by atomic mass is 9.67. The van der Waals surface area contributed by atoms with E-state index < -0.39 is 22.9 Å². The van der Waals surface area contributed by atoms with Gasteiger partial charge in [0.1, 0.15) is 11.5 Å². The average Bonchev–Trinajstić information content (AvgIpc) is 2.89. The third kappa shape index (κ3) is 2.11. The number of fused-ring (bicyclic) bond motifs is 1. The molecule has 5 heteroatoms. The van der Waals surface area contributed by atoms with Crippen molar-refractivity contribution in [1.82, 2.24) is 4.57 Å². The Kier molecular flexibility index (Phi) is 3.44. The molecule has 0 unspecified atom stereocenters. The van der Waals surface area contributed by atoms with Crippen LogP contribution >= 0.6 is 0 Å². The molecule has 0 aliphatic carbocycles. The van der Waals surface area contributed by atoms with Crippen LogP contribution in [0.4, 0.5) is 0 Å². The molecule has 0 N–H and O–H groups in total. The van der Waals surface area contributed by atoms with Crippen LogP contribution in [0.15, 0.2) is 30.5 Å². The van der Waals surface area contributed by atoms with Crippen LogP contribution in [-0.4, -0.2) is 22.2 Å². The third-order valence-electron chi connectivity index (χ3n) is 4.91. The Hall–Kier alpha value is -2.43. The molecule has 0 radical (unpaired) electrons. The first-order valence-electron chi connectivity index (χ1n) is 7.95. The Labute approximate surface area is 140 Å². The molecule has 2 aromatic rings. The Morgan fingerprint density at radius 3 is 2.38 bits per heavy atom. The number of para-hydroxylation sites is 1. The fraction of sp³-hybridized carbons (Fsp3) is 0.421. The van der Waals surface area contributed by atoms with E-state index in [2.05, 4.69) is 0 Å². The summed E-state index contributed by atoms with van der Waals surface area (Å²) < 4.78 is 7.22. The van der Waals surface area contributed by atoms with Crippen LogP contribution in [0.25, 0.3) is 10.9 Å². The summed E-state index contributed by atoms with van der Waals surface area (Å²) in [6, 6.07) is 7.42. The van der Waals surface area contributed by atoms with E-state index in [1.54, 1.807) is 33.9 Å². The zero-order chi connectivity index (χ0) is 17.9. The second-order valence-electron chi connectivity index (χ2n) is 7.45. The van der Waals surface area contributed by atoms with E-state index >= 15 is 0 Å². The number of nitrogens with zero attached hydrogens (tertiary/aromatic N) is 1. The largest absolute Gasteiger partial charge is 0.456 e. The highest BCUT2D eigenvalue weighted by Crippen LogP contribution is 2.49. The summed E-state index contributed by atoms with van der Waals surface area (Å²) in [5, 5.41) is 0.811. The van der Waals surface area contributed by atoms with Gasteiger partial charge in [0.15, 0.2) is 5.78 Å². The van der Waals surface area contributed by atoms with E-state index in [1.807, 2.05) is 24.3 Å². The lowest BCUT2D eigenvalue weighted by molar-refractivity contribution is -0.186. The van der Waals surface area contributed by atoms with Gasteiger partial charge in [0, 0.05) is 24.1 Å². The fourth-order valence-electron chi connectivity index (χ4n) is 3.55. The minimum absolute atomic E-state index is 0.135. The van der Waals surface area contributed by atoms with E-state index in [0.717, 1.165) is 10.9 Å². The molecule has 1 aromatic heterocycles. The first kappa shape index (κ1) is 16.4. The van der Waals surface area contributed by atoms with E-state index in [9.17, 15) is 14.4 Å². The molecular formula is C19H21NO4. The molecule has 3 rings (SSSR count). The van der Waals surface area contributed by atoms with Crippen molar-refractivity contribution in [1.29, 1.82) is 0 Å². The van der Waals surface area contributed by atoms with E-state index in [4.69, 9.17) is 4.74 Å². The Morgan fingerprint density at radius 2 is 1.75 bits per heavy atom. The van der Waals surface area contributed by atoms with Crippen molar-refractivity contribution in [3.8, 4) is 0 Å². The van der Waals surface area contributed by atoms with Crippen LogP contribution in [0.3, 0.4) is 0 Å². The number of Topliss-reactive ketones (excluding diaryl/α,β-unsaturated/α-hetero) is 1. The fourth-order valence-corrected chi connectivity index (χ4v) is 3.55. The maximum absolute atomic E-state index is 12.9. The number of ketones is 1. The number of carbonyl (C=O) groups is 3. The molecule has 1 aliphatic rings. The molecule has 1 fully saturated rings. The Bertz CT molecular complexity index is 873. The highest BCUT2D eigenvalue weighted by atomic mass is 16.5. The van der Waals surface area contributed by atoms with Crippen molar-refractivity contribution in [2.75, 3.05) is 0 Å². The van der Waals surface area contributed by atoms with Crippen molar-refractivity contribution in [3.63, 3.8) is 0 Å². The molecule has 0 amide bonds. The quantitative estimate of drug-likeness (QED) is 0.594. The van der Waals surface area contributed by atoms with E-state index in [1.165, 1.54) is 11.5 Å². The number of cyclic esters (lactones) is 1. The maximum atomic E-state index is 12.9. The number of hydrogen-bond acceptors (Lipinski definition) is 4. The molecule has 0 bridgehead atoms. The van der Waals surface area contributed by atoms with Gasteiger partial charge in [-0.1, -0.05) is 18.2 Å². The SMILES string of the molecule is CC(=O)n1cc([C@H]2OC(=O)C(C)(C)C(=O)C2(C)C)c2ccccc21. The third-order valence-corrected chi connectivity index (χ3v) is 4.91. The van der Waals surface area contributed by atoms with Gasteiger partial charge in [-0.25, -0.2) is 0 Å². The maximum Gasteiger partial charge on any atom is 0.319 e. The molecular weight excluding hydrogens is 306 g/mol. The molecule has 24 heavy (non-hydrogen) atoms. The Morgan fingerprint density at radius 1 is 1.12 bits per heavy atom. The van der Waals surface area contributed by atoms with E-state index in [0.29, 0.717) is 5.56 Å². The van der Waals surface area contributed by atoms with Crippen LogP contribution < -0.4 is 0 Å². The molecule has 0 saturated carbocycles. The van der Waals surface area contributed by atoms with Gasteiger partial charge in [-0.2, -0.15) is 0 Å². The summed E-state index contributed by atoms with van der Waals surface area (Å²) in [6.07, 6.45) is 0.953. The average molecular weight is 327 g/mol. The minimum atomic E-state index is -1.17. The first-order valence-corrected chi connectivity index (χ1v) is 7.95. The van der Waals surface area contributed by atoms with Gasteiger partial charge in [-0.15, -0.1) is 0 Å². The smallest absolute Gasteiger partial charge is 0.319 e. The van der Waals surface area contributed by atoms with Gasteiger partial charge >= 0.3 is 5.97 Å². The van der Waals surface area contributed by atoms with Crippen molar-refractivity contribution in [2.24, 2.45) is 10.8 Å². The Balaban J connectivity index is 2.22. The second-order valence-corrected chi connectivity index (χ2v) is 7.45. The summed E-state index contributed by atoms with van der Waals surface area (Å²) >= 11 is 0. The minimum Gasteiger partial charge on any atom is -0.456 e. The number of esters is 1. The van der Waals surface area contributed by atoms with Crippen LogP contribution in [-0.2, 0) is 14.3 Å². The predicted molar refractivity (Wildman–Crippen MR) is 89.6 cm³/mol. The van der Waals surface area contributed by atoms with Gasteiger partial charge in [0.25, 0.3) is 0 Å². The normalized spacial score (nSPS) is 22.5. The van der Waals surface area contributed by atoms with Gasteiger partial charge in [0.2, 0.25) is 5.91 Å². The number of aromatic nitrogens is 1. The highest BCUT2D eigenvalue weighted by molar-refractivity contribution is 6.08. The van der Waals surface area contributed by atoms with Crippen molar-refractivity contribution in [3.05, 3.63) is 36.0 Å². The summed E-state index contributed by atoms with van der Waals surface area (Å²) in [4.78, 5) is 37.2. The topological polar surface area (TPSA) is 65.4 Å². The van der Waals surface area contributed by atoms with Crippen LogP contribution in [0, 0.1) is 10.8 Å². The zero-order valence-electron chi connectivity index (χ0n) is 14.5. The van der Waals surface area contributed by atoms with Crippen molar-refractivity contribution >= 4 is 28.6 Å². The predicted octanol–water partition coefficient (Wildman–Crippen LogP) is 3.52. The highest BCUT2D eigenvalue weighted by Gasteiger charge is 2.56. The lowest BCUT2D eigenvalue weighted by Gasteiger charge is -2.43. The zero-order valence-corrected chi connectivity index (χ0v) is 14.5. The molecule has 0 spiro atoms. The summed E-state index contributed by atoms with van der Waals surface area (Å²) in [5.41, 5.74) is -0.630. The monoisotopic (exact) mass is 327 g/mol. The summed E-state index contributed by atoms with van der Waals surface area (Å²) in [6.45, 7) is 8.23. The molecule has 1 aliphatic heterocycles. The van der Waals surface area contributed by atoms with E-state index in [-0.39, 0.29) is 11.7 Å². The van der Waals surface area contributed by atoms with Gasteiger partial charge in [-0.3, -0.25) is 19.0 Å². The van der Waals surface area contributed by atoms with Crippen LogP contribution in [0.5, 0.6) is 0 Å². The molecule has 126 valence electrons. The number of hydrogen-bond donors (Lipinski definition) is 0. The van der Waals surface area contributed by atoms with Gasteiger partial charge in [0.05, 0.1) is 10.9 Å². The van der Waals surface area contributed by atoms with Crippen LogP contribution in [0.2, 0.25) is 0 Å². The number of ether oxygens (including phenoxy) is 1. The molecule has 2 heterocycles. The van der Waals surface area contributed by atoms with Crippen molar-refractivity contribution in [2.45, 2.75) is 40.7 Å². The summed E-state index contributed by atoms with van der Waals surface area (Å²) in [7, 11) is 0. The molecule has 1 aromatic carbocycles. The molecule has 5 nitrogen and oxygen atoms in total.